The fraction of sp³-hybridized carbons (Fsp3) is 0.429. The highest BCUT2D eigenvalue weighted by molar-refractivity contribution is 5.79. The Balaban J connectivity index is 1.89. The predicted octanol–water partition coefficient (Wildman–Crippen LogP) is 0.686. The normalized spacial score (nSPS) is 18.6. The number of carbonyl (C=O) groups excluding carboxylic acids is 1. The van der Waals surface area contributed by atoms with Crippen LogP contribution in [-0.4, -0.2) is 54.3 Å². The smallest absolute Gasteiger partial charge is 0.334 e. The number of carbonyl (C=O) groups is 2. The minimum Gasteiger partial charge on any atom is -0.484 e. The molecule has 1 unspecified atom stereocenters. The lowest BCUT2D eigenvalue weighted by Crippen LogP contribution is -2.49. The van der Waals surface area contributed by atoms with Crippen LogP contribution >= 0.6 is 0 Å². The molecule has 1 fully saturated rings. The maximum absolute atomic E-state index is 12.0. The number of nitrogens with zero attached hydrogens (tertiary/aromatic N) is 1. The SMILES string of the molecule is Cc1ccccc1OCC(=O)N1CCOC(C(=O)O)C1. The van der Waals surface area contributed by atoms with Crippen LogP contribution in [0.2, 0.25) is 0 Å². The van der Waals surface area contributed by atoms with Gasteiger partial charge in [-0.05, 0) is 18.6 Å². The number of amides is 1. The van der Waals surface area contributed by atoms with Gasteiger partial charge in [-0.2, -0.15) is 0 Å². The second-order valence-electron chi connectivity index (χ2n) is 4.59. The minimum absolute atomic E-state index is 0.0608. The van der Waals surface area contributed by atoms with E-state index in [4.69, 9.17) is 14.6 Å². The first-order valence-corrected chi connectivity index (χ1v) is 6.38. The van der Waals surface area contributed by atoms with E-state index in [2.05, 4.69) is 0 Å². The van der Waals surface area contributed by atoms with Gasteiger partial charge in [-0.15, -0.1) is 0 Å². The molecule has 6 heteroatoms. The molecule has 0 radical (unpaired) electrons. The Morgan fingerprint density at radius 1 is 1.45 bits per heavy atom. The lowest BCUT2D eigenvalue weighted by molar-refractivity contribution is -0.159. The second-order valence-corrected chi connectivity index (χ2v) is 4.59. The zero-order chi connectivity index (χ0) is 14.5. The molecule has 1 saturated heterocycles. The number of morpholine rings is 1. The number of carboxylic acid groups (broad SMARTS) is 1. The van der Waals surface area contributed by atoms with Gasteiger partial charge in [0, 0.05) is 6.54 Å². The first-order valence-electron chi connectivity index (χ1n) is 6.38. The Labute approximate surface area is 116 Å². The van der Waals surface area contributed by atoms with E-state index < -0.39 is 12.1 Å². The van der Waals surface area contributed by atoms with E-state index in [1.54, 1.807) is 6.07 Å². The lowest BCUT2D eigenvalue weighted by Gasteiger charge is -2.30. The first kappa shape index (κ1) is 14.3. The largest absolute Gasteiger partial charge is 0.484 e. The monoisotopic (exact) mass is 279 g/mol. The summed E-state index contributed by atoms with van der Waals surface area (Å²) >= 11 is 0. The summed E-state index contributed by atoms with van der Waals surface area (Å²) in [5.41, 5.74) is 0.950. The number of hydrogen-bond donors (Lipinski definition) is 1. The van der Waals surface area contributed by atoms with Crippen molar-refractivity contribution in [2.45, 2.75) is 13.0 Å². The average molecular weight is 279 g/mol. The summed E-state index contributed by atoms with van der Waals surface area (Å²) in [5, 5.41) is 8.89. The minimum atomic E-state index is -1.05. The molecule has 108 valence electrons. The zero-order valence-electron chi connectivity index (χ0n) is 11.2. The summed E-state index contributed by atoms with van der Waals surface area (Å²) < 4.78 is 10.5. The Morgan fingerprint density at radius 2 is 2.20 bits per heavy atom. The second kappa shape index (κ2) is 6.38. The Kier molecular flexibility index (Phi) is 4.57. The molecule has 0 aliphatic carbocycles. The van der Waals surface area contributed by atoms with Gasteiger partial charge in [-0.25, -0.2) is 4.79 Å². The van der Waals surface area contributed by atoms with E-state index in [0.717, 1.165) is 5.56 Å². The summed E-state index contributed by atoms with van der Waals surface area (Å²) in [7, 11) is 0. The third kappa shape index (κ3) is 3.48. The summed E-state index contributed by atoms with van der Waals surface area (Å²) in [6, 6.07) is 7.42. The van der Waals surface area contributed by atoms with Crippen LogP contribution in [0.1, 0.15) is 5.56 Å². The summed E-state index contributed by atoms with van der Waals surface area (Å²) in [5.74, 6) is -0.631. The van der Waals surface area contributed by atoms with E-state index in [1.807, 2.05) is 25.1 Å². The number of aryl methyl sites for hydroxylation is 1. The fourth-order valence-electron chi connectivity index (χ4n) is 1.97. The Morgan fingerprint density at radius 3 is 2.90 bits per heavy atom. The number of hydrogen-bond acceptors (Lipinski definition) is 4. The number of ether oxygens (including phenoxy) is 2. The highest BCUT2D eigenvalue weighted by Crippen LogP contribution is 2.16. The quantitative estimate of drug-likeness (QED) is 0.877. The van der Waals surface area contributed by atoms with Gasteiger partial charge in [0.25, 0.3) is 5.91 Å². The highest BCUT2D eigenvalue weighted by Gasteiger charge is 2.29. The Bertz CT molecular complexity index is 502. The molecule has 0 saturated carbocycles. The van der Waals surface area contributed by atoms with Crippen LogP contribution in [0.3, 0.4) is 0 Å². The summed E-state index contributed by atoms with van der Waals surface area (Å²) in [4.78, 5) is 24.3. The maximum atomic E-state index is 12.0. The van der Waals surface area contributed by atoms with Crippen LogP contribution in [-0.2, 0) is 14.3 Å². The Hall–Kier alpha value is -2.08. The summed E-state index contributed by atoms with van der Waals surface area (Å²) in [6.07, 6.45) is -0.953. The number of benzene rings is 1. The van der Waals surface area contributed by atoms with Gasteiger partial charge in [0.05, 0.1) is 13.2 Å². The first-order chi connectivity index (χ1) is 9.58. The van der Waals surface area contributed by atoms with Gasteiger partial charge in [-0.1, -0.05) is 18.2 Å². The van der Waals surface area contributed by atoms with Crippen LogP contribution in [0.25, 0.3) is 0 Å². The average Bonchev–Trinajstić information content (AvgIpc) is 2.46. The highest BCUT2D eigenvalue weighted by atomic mass is 16.5. The molecule has 0 spiro atoms. The van der Waals surface area contributed by atoms with Gasteiger partial charge >= 0.3 is 5.97 Å². The molecule has 1 heterocycles. The van der Waals surface area contributed by atoms with Crippen molar-refractivity contribution >= 4 is 11.9 Å². The summed E-state index contributed by atoms with van der Waals surface area (Å²) in [6.45, 7) is 2.48. The molecule has 1 amide bonds. The molecule has 1 aromatic rings. The van der Waals surface area contributed by atoms with Crippen LogP contribution in [0, 0.1) is 6.92 Å². The van der Waals surface area contributed by atoms with Crippen molar-refractivity contribution in [1.82, 2.24) is 4.90 Å². The zero-order valence-corrected chi connectivity index (χ0v) is 11.2. The van der Waals surface area contributed by atoms with Crippen LogP contribution in [0.4, 0.5) is 0 Å². The standard InChI is InChI=1S/C14H17NO5/c1-10-4-2-3-5-11(10)20-9-13(16)15-6-7-19-12(8-15)14(17)18/h2-5,12H,6-9H2,1H3,(H,17,18). The van der Waals surface area contributed by atoms with Crippen molar-refractivity contribution < 1.29 is 24.2 Å². The van der Waals surface area contributed by atoms with E-state index >= 15 is 0 Å². The number of aliphatic carboxylic acids is 1. The molecule has 20 heavy (non-hydrogen) atoms. The molecule has 0 bridgehead atoms. The molecular weight excluding hydrogens is 262 g/mol. The van der Waals surface area contributed by atoms with E-state index in [-0.39, 0.29) is 25.7 Å². The van der Waals surface area contributed by atoms with E-state index in [0.29, 0.717) is 12.3 Å². The lowest BCUT2D eigenvalue weighted by atomic mass is 10.2. The molecule has 1 N–H and O–H groups in total. The van der Waals surface area contributed by atoms with Crippen molar-refractivity contribution in [3.63, 3.8) is 0 Å². The number of carboxylic acids is 1. The molecule has 1 aliphatic rings. The third-order valence-electron chi connectivity index (χ3n) is 3.14. The molecule has 1 aliphatic heterocycles. The van der Waals surface area contributed by atoms with Crippen molar-refractivity contribution in [2.24, 2.45) is 0 Å². The van der Waals surface area contributed by atoms with Gasteiger partial charge in [0.2, 0.25) is 0 Å². The van der Waals surface area contributed by atoms with Crippen molar-refractivity contribution in [1.29, 1.82) is 0 Å². The van der Waals surface area contributed by atoms with Crippen molar-refractivity contribution in [3.8, 4) is 5.75 Å². The van der Waals surface area contributed by atoms with Crippen LogP contribution in [0.15, 0.2) is 24.3 Å². The predicted molar refractivity (Wildman–Crippen MR) is 70.6 cm³/mol. The van der Waals surface area contributed by atoms with E-state index in [1.165, 1.54) is 4.90 Å². The number of para-hydroxylation sites is 1. The van der Waals surface area contributed by atoms with Crippen molar-refractivity contribution in [3.05, 3.63) is 29.8 Å². The van der Waals surface area contributed by atoms with E-state index in [9.17, 15) is 9.59 Å². The van der Waals surface area contributed by atoms with Gasteiger partial charge in [0.15, 0.2) is 12.7 Å². The van der Waals surface area contributed by atoms with Crippen molar-refractivity contribution in [2.75, 3.05) is 26.3 Å². The van der Waals surface area contributed by atoms with Crippen LogP contribution < -0.4 is 4.74 Å². The molecule has 2 rings (SSSR count). The third-order valence-corrected chi connectivity index (χ3v) is 3.14. The molecular formula is C14H17NO5. The molecule has 1 atom stereocenters. The molecule has 0 aromatic heterocycles. The topological polar surface area (TPSA) is 76.1 Å². The number of rotatable bonds is 4. The van der Waals surface area contributed by atoms with Crippen LogP contribution in [0.5, 0.6) is 5.75 Å². The van der Waals surface area contributed by atoms with Gasteiger partial charge < -0.3 is 19.5 Å². The molecule has 1 aromatic carbocycles. The van der Waals surface area contributed by atoms with Gasteiger partial charge in [0.1, 0.15) is 5.75 Å². The molecule has 6 nitrogen and oxygen atoms in total. The maximum Gasteiger partial charge on any atom is 0.334 e. The fourth-order valence-corrected chi connectivity index (χ4v) is 1.97. The van der Waals surface area contributed by atoms with Gasteiger partial charge in [-0.3, -0.25) is 4.79 Å².